The molecule has 27 heavy (non-hydrogen) atoms. The zero-order chi connectivity index (χ0) is 18.6. The molecule has 0 saturated carbocycles. The number of amides is 3. The number of hydrogen-bond acceptors (Lipinski definition) is 4. The normalized spacial score (nSPS) is 12.5. The molecule has 4 rings (SSSR count). The van der Waals surface area contributed by atoms with E-state index in [4.69, 9.17) is 4.74 Å². The van der Waals surface area contributed by atoms with Crippen LogP contribution in [0, 0.1) is 0 Å². The number of nitrogens with zero attached hydrogens (tertiary/aromatic N) is 2. The summed E-state index contributed by atoms with van der Waals surface area (Å²) in [5, 5.41) is 12.5. The number of para-hydroxylation sites is 1. The van der Waals surface area contributed by atoms with Crippen molar-refractivity contribution in [1.29, 1.82) is 0 Å². The third-order valence-electron chi connectivity index (χ3n) is 3.98. The number of benzene rings is 2. The van der Waals surface area contributed by atoms with Crippen molar-refractivity contribution >= 4 is 23.3 Å². The van der Waals surface area contributed by atoms with Crippen LogP contribution in [0.4, 0.5) is 16.2 Å². The smallest absolute Gasteiger partial charge is 0.319 e. The summed E-state index contributed by atoms with van der Waals surface area (Å²) in [7, 11) is 0. The number of carbonyl (C=O) groups excluding carboxylic acids is 2. The number of hydrogen-bond donors (Lipinski definition) is 3. The first-order chi connectivity index (χ1) is 13.2. The van der Waals surface area contributed by atoms with Gasteiger partial charge in [0.15, 0.2) is 6.61 Å². The molecule has 0 fully saturated rings. The Balaban J connectivity index is 1.34. The van der Waals surface area contributed by atoms with Gasteiger partial charge < -0.3 is 20.7 Å². The average molecular weight is 363 g/mol. The fourth-order valence-electron chi connectivity index (χ4n) is 2.68. The first kappa shape index (κ1) is 16.6. The zero-order valence-electron chi connectivity index (χ0n) is 14.3. The van der Waals surface area contributed by atoms with Crippen LogP contribution < -0.4 is 20.7 Å². The Bertz CT molecular complexity index is 984. The first-order valence-corrected chi connectivity index (χ1v) is 8.38. The van der Waals surface area contributed by atoms with Crippen LogP contribution in [-0.4, -0.2) is 28.3 Å². The van der Waals surface area contributed by atoms with Gasteiger partial charge in [-0.3, -0.25) is 4.79 Å². The Hall–Kier alpha value is -3.81. The number of nitrogens with one attached hydrogen (secondary N) is 3. The second-order valence-electron chi connectivity index (χ2n) is 5.98. The van der Waals surface area contributed by atoms with Gasteiger partial charge in [-0.2, -0.15) is 5.10 Å². The van der Waals surface area contributed by atoms with Gasteiger partial charge in [-0.05, 0) is 24.3 Å². The summed E-state index contributed by atoms with van der Waals surface area (Å²) >= 11 is 0. The van der Waals surface area contributed by atoms with Crippen LogP contribution in [0.3, 0.4) is 0 Å². The molecular formula is C19H17N5O3. The predicted molar refractivity (Wildman–Crippen MR) is 100.0 cm³/mol. The topological polar surface area (TPSA) is 97.3 Å². The van der Waals surface area contributed by atoms with E-state index in [0.717, 1.165) is 11.3 Å². The molecule has 1 aliphatic rings. The summed E-state index contributed by atoms with van der Waals surface area (Å²) < 4.78 is 7.09. The molecule has 0 aliphatic carbocycles. The van der Waals surface area contributed by atoms with Crippen LogP contribution in [0.15, 0.2) is 60.9 Å². The van der Waals surface area contributed by atoms with E-state index in [-0.39, 0.29) is 18.5 Å². The van der Waals surface area contributed by atoms with Crippen LogP contribution >= 0.6 is 0 Å². The van der Waals surface area contributed by atoms with Gasteiger partial charge in [-0.1, -0.05) is 18.2 Å². The van der Waals surface area contributed by atoms with E-state index in [1.165, 1.54) is 0 Å². The van der Waals surface area contributed by atoms with Gasteiger partial charge in [0.2, 0.25) is 0 Å². The third kappa shape index (κ3) is 3.90. The molecule has 0 saturated heterocycles. The first-order valence-electron chi connectivity index (χ1n) is 8.38. The van der Waals surface area contributed by atoms with Gasteiger partial charge in [0.25, 0.3) is 5.91 Å². The summed E-state index contributed by atoms with van der Waals surface area (Å²) in [5.74, 6) is 0.327. The maximum absolute atomic E-state index is 12.1. The molecule has 0 unspecified atom stereocenters. The minimum absolute atomic E-state index is 0.0337. The van der Waals surface area contributed by atoms with Crippen LogP contribution in [0.2, 0.25) is 0 Å². The van der Waals surface area contributed by atoms with E-state index in [2.05, 4.69) is 21.0 Å². The molecule has 2 heterocycles. The summed E-state index contributed by atoms with van der Waals surface area (Å²) in [4.78, 5) is 23.4. The molecule has 1 aromatic heterocycles. The fraction of sp³-hybridized carbons (Fsp3) is 0.105. The minimum atomic E-state index is -0.345. The van der Waals surface area contributed by atoms with E-state index in [1.807, 2.05) is 36.5 Å². The highest BCUT2D eigenvalue weighted by atomic mass is 16.5. The maximum atomic E-state index is 12.1. The minimum Gasteiger partial charge on any atom is -0.482 e. The zero-order valence-corrected chi connectivity index (χ0v) is 14.3. The van der Waals surface area contributed by atoms with E-state index < -0.39 is 0 Å². The van der Waals surface area contributed by atoms with E-state index in [9.17, 15) is 9.59 Å². The lowest BCUT2D eigenvalue weighted by Crippen LogP contribution is -2.28. The van der Waals surface area contributed by atoms with Crippen LogP contribution in [-0.2, 0) is 11.3 Å². The van der Waals surface area contributed by atoms with E-state index in [1.54, 1.807) is 29.1 Å². The van der Waals surface area contributed by atoms with E-state index >= 15 is 0 Å². The molecule has 0 atom stereocenters. The Kier molecular flexibility index (Phi) is 4.44. The maximum Gasteiger partial charge on any atom is 0.319 e. The Morgan fingerprint density at radius 1 is 1.22 bits per heavy atom. The second-order valence-corrected chi connectivity index (χ2v) is 5.98. The number of rotatable bonds is 4. The van der Waals surface area contributed by atoms with Crippen molar-refractivity contribution in [2.45, 2.75) is 6.54 Å². The van der Waals surface area contributed by atoms with Crippen LogP contribution in [0.5, 0.6) is 5.75 Å². The SMILES string of the molecule is O=C1COc2cc(NC(=O)NCc3cnn(-c4ccccc4)c3)ccc2N1. The highest BCUT2D eigenvalue weighted by Gasteiger charge is 2.16. The third-order valence-corrected chi connectivity index (χ3v) is 3.98. The lowest BCUT2D eigenvalue weighted by molar-refractivity contribution is -0.118. The number of anilines is 2. The Morgan fingerprint density at radius 3 is 2.93 bits per heavy atom. The van der Waals surface area contributed by atoms with Gasteiger partial charge in [0, 0.05) is 30.1 Å². The summed E-state index contributed by atoms with van der Waals surface area (Å²) in [6, 6.07) is 14.4. The van der Waals surface area contributed by atoms with Gasteiger partial charge in [-0.15, -0.1) is 0 Å². The Morgan fingerprint density at radius 2 is 2.07 bits per heavy atom. The number of urea groups is 1. The lowest BCUT2D eigenvalue weighted by atomic mass is 10.2. The molecule has 8 nitrogen and oxygen atoms in total. The molecule has 136 valence electrons. The molecule has 3 amide bonds. The summed E-state index contributed by atoms with van der Waals surface area (Å²) in [6.07, 6.45) is 3.58. The van der Waals surface area contributed by atoms with Crippen molar-refractivity contribution in [1.82, 2.24) is 15.1 Å². The molecule has 2 aromatic carbocycles. The van der Waals surface area contributed by atoms with Crippen molar-refractivity contribution in [2.75, 3.05) is 17.2 Å². The predicted octanol–water partition coefficient (Wildman–Crippen LogP) is 2.52. The van der Waals surface area contributed by atoms with Crippen molar-refractivity contribution in [2.24, 2.45) is 0 Å². The van der Waals surface area contributed by atoms with Crippen molar-refractivity contribution in [3.8, 4) is 11.4 Å². The summed E-state index contributed by atoms with van der Waals surface area (Å²) in [5.41, 5.74) is 2.99. The highest BCUT2D eigenvalue weighted by Crippen LogP contribution is 2.30. The molecule has 3 N–H and O–H groups in total. The monoisotopic (exact) mass is 363 g/mol. The van der Waals surface area contributed by atoms with Crippen LogP contribution in [0.25, 0.3) is 5.69 Å². The standard InChI is InChI=1S/C19H17N5O3/c25-18-12-27-17-8-14(6-7-16(17)23-18)22-19(26)20-9-13-10-21-24(11-13)15-4-2-1-3-5-15/h1-8,10-11H,9,12H2,(H,23,25)(H2,20,22,26). The molecule has 8 heteroatoms. The molecule has 0 spiro atoms. The molecule has 3 aromatic rings. The second kappa shape index (κ2) is 7.20. The molecule has 0 radical (unpaired) electrons. The lowest BCUT2D eigenvalue weighted by Gasteiger charge is -2.18. The average Bonchev–Trinajstić information content (AvgIpc) is 3.16. The van der Waals surface area contributed by atoms with Gasteiger partial charge in [0.1, 0.15) is 5.75 Å². The van der Waals surface area contributed by atoms with Gasteiger partial charge in [0.05, 0.1) is 17.6 Å². The molecular weight excluding hydrogens is 346 g/mol. The van der Waals surface area contributed by atoms with Gasteiger partial charge in [-0.25, -0.2) is 9.48 Å². The van der Waals surface area contributed by atoms with Crippen molar-refractivity contribution < 1.29 is 14.3 Å². The largest absolute Gasteiger partial charge is 0.482 e. The van der Waals surface area contributed by atoms with Crippen molar-refractivity contribution in [3.63, 3.8) is 0 Å². The van der Waals surface area contributed by atoms with Gasteiger partial charge >= 0.3 is 6.03 Å². The highest BCUT2D eigenvalue weighted by molar-refractivity contribution is 5.96. The molecule has 0 bridgehead atoms. The van der Waals surface area contributed by atoms with Crippen molar-refractivity contribution in [3.05, 3.63) is 66.5 Å². The Labute approximate surface area is 155 Å². The quantitative estimate of drug-likeness (QED) is 0.663. The number of aromatic nitrogens is 2. The molecule has 1 aliphatic heterocycles. The summed E-state index contributed by atoms with van der Waals surface area (Å²) in [6.45, 7) is 0.310. The van der Waals surface area contributed by atoms with E-state index in [0.29, 0.717) is 23.7 Å². The number of fused-ring (bicyclic) bond motifs is 1. The fourth-order valence-corrected chi connectivity index (χ4v) is 2.68. The number of ether oxygens (including phenoxy) is 1. The number of carbonyl (C=O) groups is 2. The van der Waals surface area contributed by atoms with Crippen LogP contribution in [0.1, 0.15) is 5.56 Å².